The summed E-state index contributed by atoms with van der Waals surface area (Å²) in [7, 11) is 0. The van der Waals surface area contributed by atoms with Crippen LogP contribution in [0.25, 0.3) is 0 Å². The third-order valence-electron chi connectivity index (χ3n) is 4.14. The maximum atomic E-state index is 12.8. The van der Waals surface area contributed by atoms with E-state index in [4.69, 9.17) is 0 Å². The van der Waals surface area contributed by atoms with Gasteiger partial charge in [0.15, 0.2) is 0 Å². The van der Waals surface area contributed by atoms with Gasteiger partial charge in [-0.3, -0.25) is 14.4 Å². The van der Waals surface area contributed by atoms with Gasteiger partial charge < -0.3 is 15.1 Å². The number of hydrogen-bond acceptors (Lipinski definition) is 3. The van der Waals surface area contributed by atoms with Crippen LogP contribution in [0.3, 0.4) is 0 Å². The van der Waals surface area contributed by atoms with Gasteiger partial charge in [0, 0.05) is 35.2 Å². The molecule has 0 aliphatic carbocycles. The van der Waals surface area contributed by atoms with Crippen molar-refractivity contribution < 1.29 is 14.4 Å². The molecule has 1 fully saturated rings. The Balaban J connectivity index is 2.04. The first-order chi connectivity index (χ1) is 12.1. The molecule has 0 aromatic heterocycles. The minimum Gasteiger partial charge on any atom is -0.350 e. The van der Waals surface area contributed by atoms with Crippen LogP contribution >= 0.6 is 15.9 Å². The lowest BCUT2D eigenvalue weighted by molar-refractivity contribution is -0.139. The minimum atomic E-state index is -0.427. The van der Waals surface area contributed by atoms with Crippen molar-refractivity contribution in [3.63, 3.8) is 0 Å². The van der Waals surface area contributed by atoms with Crippen LogP contribution in [0.2, 0.25) is 0 Å². The molecule has 1 saturated heterocycles. The molecule has 1 aliphatic heterocycles. The lowest BCUT2D eigenvalue weighted by Crippen LogP contribution is -2.48. The minimum absolute atomic E-state index is 0.00811. The monoisotopic (exact) mass is 423 g/mol. The number of anilines is 1. The molecule has 1 heterocycles. The standard InChI is InChI=1S/C19H26BrN3O3/c1-5-22(12-16(24)21-19(2,3)4)18(26)13-9-17(25)23(11-13)15-8-6-7-14(20)10-15/h6-8,10,13H,5,9,11-12H2,1-4H3,(H,21,24). The normalized spacial score (nSPS) is 17.3. The molecule has 1 aliphatic rings. The van der Waals surface area contributed by atoms with Crippen molar-refractivity contribution in [2.75, 3.05) is 24.5 Å². The number of hydrogen-bond donors (Lipinski definition) is 1. The third-order valence-corrected chi connectivity index (χ3v) is 4.63. The highest BCUT2D eigenvalue weighted by Crippen LogP contribution is 2.28. The molecule has 3 amide bonds. The topological polar surface area (TPSA) is 69.7 Å². The van der Waals surface area contributed by atoms with E-state index in [2.05, 4.69) is 21.2 Å². The number of halogens is 1. The van der Waals surface area contributed by atoms with E-state index in [9.17, 15) is 14.4 Å². The summed E-state index contributed by atoms with van der Waals surface area (Å²) in [6.07, 6.45) is 0.169. The van der Waals surface area contributed by atoms with Crippen LogP contribution in [0, 0.1) is 5.92 Å². The summed E-state index contributed by atoms with van der Waals surface area (Å²) in [5.74, 6) is -0.844. The average Bonchev–Trinajstić information content (AvgIpc) is 2.92. The van der Waals surface area contributed by atoms with E-state index in [1.165, 1.54) is 4.90 Å². The van der Waals surface area contributed by atoms with E-state index in [0.717, 1.165) is 10.2 Å². The molecule has 2 rings (SSSR count). The fourth-order valence-electron chi connectivity index (χ4n) is 3.00. The summed E-state index contributed by atoms with van der Waals surface area (Å²) in [5.41, 5.74) is 0.425. The number of carbonyl (C=O) groups is 3. The molecule has 1 aromatic rings. The fraction of sp³-hybridized carbons (Fsp3) is 0.526. The van der Waals surface area contributed by atoms with Crippen molar-refractivity contribution >= 4 is 39.3 Å². The Morgan fingerprint density at radius 3 is 2.62 bits per heavy atom. The van der Waals surface area contributed by atoms with Gasteiger partial charge in [0.25, 0.3) is 0 Å². The van der Waals surface area contributed by atoms with Crippen molar-refractivity contribution in [3.05, 3.63) is 28.7 Å². The number of benzene rings is 1. The molecule has 0 bridgehead atoms. The predicted molar refractivity (Wildman–Crippen MR) is 105 cm³/mol. The number of nitrogens with one attached hydrogen (secondary N) is 1. The zero-order chi connectivity index (χ0) is 19.5. The van der Waals surface area contributed by atoms with Gasteiger partial charge in [0.1, 0.15) is 0 Å². The van der Waals surface area contributed by atoms with Crippen molar-refractivity contribution in [2.24, 2.45) is 5.92 Å². The van der Waals surface area contributed by atoms with Gasteiger partial charge in [0.05, 0.1) is 12.5 Å². The lowest BCUT2D eigenvalue weighted by Gasteiger charge is -2.26. The van der Waals surface area contributed by atoms with Gasteiger partial charge in [-0.25, -0.2) is 0 Å². The quantitative estimate of drug-likeness (QED) is 0.790. The van der Waals surface area contributed by atoms with Gasteiger partial charge in [-0.1, -0.05) is 22.0 Å². The van der Waals surface area contributed by atoms with E-state index in [-0.39, 0.29) is 36.2 Å². The van der Waals surface area contributed by atoms with E-state index in [0.29, 0.717) is 13.1 Å². The first kappa shape index (κ1) is 20.4. The summed E-state index contributed by atoms with van der Waals surface area (Å²) < 4.78 is 0.881. The zero-order valence-corrected chi connectivity index (χ0v) is 17.3. The van der Waals surface area contributed by atoms with Gasteiger partial charge >= 0.3 is 0 Å². The molecule has 6 nitrogen and oxygen atoms in total. The summed E-state index contributed by atoms with van der Waals surface area (Å²) in [4.78, 5) is 40.5. The Morgan fingerprint density at radius 1 is 1.35 bits per heavy atom. The second-order valence-electron chi connectivity index (χ2n) is 7.54. The van der Waals surface area contributed by atoms with E-state index in [1.54, 1.807) is 4.90 Å². The first-order valence-corrected chi connectivity index (χ1v) is 9.55. The molecule has 0 radical (unpaired) electrons. The molecule has 7 heteroatoms. The Labute approximate surface area is 163 Å². The average molecular weight is 424 g/mol. The van der Waals surface area contributed by atoms with Crippen molar-refractivity contribution in [1.82, 2.24) is 10.2 Å². The highest BCUT2D eigenvalue weighted by molar-refractivity contribution is 9.10. The molecule has 1 N–H and O–H groups in total. The molecule has 26 heavy (non-hydrogen) atoms. The Bertz CT molecular complexity index is 700. The maximum Gasteiger partial charge on any atom is 0.240 e. The summed E-state index contributed by atoms with van der Waals surface area (Å²) in [6.45, 7) is 8.31. The largest absolute Gasteiger partial charge is 0.350 e. The molecule has 1 unspecified atom stereocenters. The number of rotatable bonds is 5. The van der Waals surface area contributed by atoms with Crippen LogP contribution < -0.4 is 10.2 Å². The molecule has 0 saturated carbocycles. The van der Waals surface area contributed by atoms with Crippen LogP contribution in [-0.2, 0) is 14.4 Å². The third kappa shape index (κ3) is 5.30. The second kappa shape index (κ2) is 8.20. The van der Waals surface area contributed by atoms with Crippen LogP contribution in [0.4, 0.5) is 5.69 Å². The molecule has 142 valence electrons. The molecular formula is C19H26BrN3O3. The van der Waals surface area contributed by atoms with Gasteiger partial charge in [-0.15, -0.1) is 0 Å². The van der Waals surface area contributed by atoms with Crippen molar-refractivity contribution in [1.29, 1.82) is 0 Å². The Kier molecular flexibility index (Phi) is 6.44. The summed E-state index contributed by atoms with van der Waals surface area (Å²) in [6, 6.07) is 7.46. The first-order valence-electron chi connectivity index (χ1n) is 8.76. The SMILES string of the molecule is CCN(CC(=O)NC(C)(C)C)C(=O)C1CC(=O)N(c2cccc(Br)c2)C1. The summed E-state index contributed by atoms with van der Waals surface area (Å²) >= 11 is 3.40. The van der Waals surface area contributed by atoms with Gasteiger partial charge in [-0.2, -0.15) is 0 Å². The Morgan fingerprint density at radius 2 is 2.04 bits per heavy atom. The molecule has 0 spiro atoms. The van der Waals surface area contributed by atoms with Gasteiger partial charge in [0.2, 0.25) is 17.7 Å². The smallest absolute Gasteiger partial charge is 0.240 e. The number of carbonyl (C=O) groups excluding carboxylic acids is 3. The van der Waals surface area contributed by atoms with Crippen molar-refractivity contribution in [2.45, 2.75) is 39.7 Å². The summed E-state index contributed by atoms with van der Waals surface area (Å²) in [5, 5.41) is 2.86. The van der Waals surface area contributed by atoms with Crippen LogP contribution in [-0.4, -0.2) is 47.8 Å². The number of amides is 3. The lowest BCUT2D eigenvalue weighted by atomic mass is 10.1. The number of nitrogens with zero attached hydrogens (tertiary/aromatic N) is 2. The molecular weight excluding hydrogens is 398 g/mol. The zero-order valence-electron chi connectivity index (χ0n) is 15.7. The van der Waals surface area contributed by atoms with E-state index >= 15 is 0 Å². The molecule has 1 aromatic carbocycles. The fourth-order valence-corrected chi connectivity index (χ4v) is 3.39. The highest BCUT2D eigenvalue weighted by atomic mass is 79.9. The highest BCUT2D eigenvalue weighted by Gasteiger charge is 2.37. The van der Waals surface area contributed by atoms with Crippen LogP contribution in [0.15, 0.2) is 28.7 Å². The van der Waals surface area contributed by atoms with Crippen molar-refractivity contribution in [3.8, 4) is 0 Å². The van der Waals surface area contributed by atoms with Crippen LogP contribution in [0.1, 0.15) is 34.1 Å². The number of likely N-dealkylation sites (N-methyl/N-ethyl adjacent to an activating group) is 1. The van der Waals surface area contributed by atoms with E-state index < -0.39 is 5.92 Å². The molecule has 1 atom stereocenters. The maximum absolute atomic E-state index is 12.8. The predicted octanol–water partition coefficient (Wildman–Crippen LogP) is 2.57. The van der Waals surface area contributed by atoms with Gasteiger partial charge in [-0.05, 0) is 45.9 Å². The van der Waals surface area contributed by atoms with E-state index in [1.807, 2.05) is 52.0 Å². The Hall–Kier alpha value is -1.89. The second-order valence-corrected chi connectivity index (χ2v) is 8.45. The van der Waals surface area contributed by atoms with Crippen LogP contribution in [0.5, 0.6) is 0 Å².